The van der Waals surface area contributed by atoms with Gasteiger partial charge in [0, 0.05) is 11.7 Å². The number of nitrogens with zero attached hydrogens (tertiary/aromatic N) is 5. The first kappa shape index (κ1) is 28.3. The predicted octanol–water partition coefficient (Wildman–Crippen LogP) is 4.35. The van der Waals surface area contributed by atoms with Crippen molar-refractivity contribution in [3.05, 3.63) is 105 Å². The van der Waals surface area contributed by atoms with Crippen LogP contribution in [-0.4, -0.2) is 37.6 Å². The van der Waals surface area contributed by atoms with Crippen LogP contribution in [0.3, 0.4) is 0 Å². The minimum atomic E-state index is -4.49. The Labute approximate surface area is 227 Å². The molecular weight excluding hydrogens is 525 g/mol. The third kappa shape index (κ3) is 5.65. The summed E-state index contributed by atoms with van der Waals surface area (Å²) in [6.07, 6.45) is -3.85. The van der Waals surface area contributed by atoms with Gasteiger partial charge < -0.3 is 10.6 Å². The molecular formula is C28H27F3N6O3. The van der Waals surface area contributed by atoms with Gasteiger partial charge in [-0.05, 0) is 84.3 Å². The van der Waals surface area contributed by atoms with Gasteiger partial charge in [0.25, 0.3) is 5.91 Å². The van der Waals surface area contributed by atoms with Gasteiger partial charge in [0.2, 0.25) is 5.91 Å². The molecule has 3 aromatic carbocycles. The minimum Gasteiger partial charge on any atom is -0.366 e. The summed E-state index contributed by atoms with van der Waals surface area (Å²) in [5.74, 6) is -1.06. The van der Waals surface area contributed by atoms with Crippen LogP contribution in [-0.2, 0) is 12.7 Å². The fourth-order valence-electron chi connectivity index (χ4n) is 4.33. The first-order chi connectivity index (χ1) is 18.9. The van der Waals surface area contributed by atoms with E-state index in [0.717, 1.165) is 39.2 Å². The third-order valence-electron chi connectivity index (χ3n) is 6.61. The SMILES string of the molecule is CCC(C)N(C(=O)c1ccccc1C(N)=O)c1ccc(Cn2nnn(-c3ccc(C(F)(F)F)cc3)c2=O)cc1C. The van der Waals surface area contributed by atoms with Crippen LogP contribution in [0.25, 0.3) is 5.69 Å². The monoisotopic (exact) mass is 552 g/mol. The number of benzene rings is 3. The fraction of sp³-hybridized carbons (Fsp3) is 0.250. The van der Waals surface area contributed by atoms with Crippen LogP contribution >= 0.6 is 0 Å². The Kier molecular flexibility index (Phi) is 7.89. The van der Waals surface area contributed by atoms with Gasteiger partial charge in [-0.2, -0.15) is 22.5 Å². The topological polar surface area (TPSA) is 116 Å². The number of primary amides is 1. The number of tetrazole rings is 1. The molecule has 1 aromatic heterocycles. The number of anilines is 1. The van der Waals surface area contributed by atoms with Crippen molar-refractivity contribution in [1.82, 2.24) is 19.8 Å². The number of aryl methyl sites for hydroxylation is 1. The van der Waals surface area contributed by atoms with Crippen molar-refractivity contribution in [2.75, 3.05) is 4.90 Å². The smallest absolute Gasteiger partial charge is 0.366 e. The first-order valence-electron chi connectivity index (χ1n) is 12.4. The number of carbonyl (C=O) groups is 2. The van der Waals surface area contributed by atoms with E-state index in [1.54, 1.807) is 35.2 Å². The van der Waals surface area contributed by atoms with Crippen LogP contribution in [0.1, 0.15) is 57.7 Å². The summed E-state index contributed by atoms with van der Waals surface area (Å²) in [4.78, 5) is 40.1. The van der Waals surface area contributed by atoms with E-state index >= 15 is 0 Å². The minimum absolute atomic E-state index is 0.0440. The Morgan fingerprint density at radius 2 is 1.65 bits per heavy atom. The summed E-state index contributed by atoms with van der Waals surface area (Å²) in [6.45, 7) is 5.71. The number of hydrogen-bond donors (Lipinski definition) is 1. The lowest BCUT2D eigenvalue weighted by Gasteiger charge is -2.31. The van der Waals surface area contributed by atoms with Gasteiger partial charge >= 0.3 is 11.9 Å². The second kappa shape index (κ2) is 11.2. The number of amides is 2. The van der Waals surface area contributed by atoms with Gasteiger partial charge in [-0.3, -0.25) is 9.59 Å². The number of hydrogen-bond acceptors (Lipinski definition) is 5. The number of alkyl halides is 3. The Morgan fingerprint density at radius 1 is 1.00 bits per heavy atom. The molecule has 12 heteroatoms. The Balaban J connectivity index is 1.62. The van der Waals surface area contributed by atoms with Crippen molar-refractivity contribution in [3.63, 3.8) is 0 Å². The maximum Gasteiger partial charge on any atom is 0.416 e. The van der Waals surface area contributed by atoms with Crippen molar-refractivity contribution in [1.29, 1.82) is 0 Å². The Morgan fingerprint density at radius 3 is 2.23 bits per heavy atom. The van der Waals surface area contributed by atoms with Crippen LogP contribution in [0.4, 0.5) is 18.9 Å². The van der Waals surface area contributed by atoms with E-state index in [9.17, 15) is 27.6 Å². The van der Waals surface area contributed by atoms with Crippen molar-refractivity contribution in [2.45, 2.75) is 46.0 Å². The largest absolute Gasteiger partial charge is 0.416 e. The normalized spacial score (nSPS) is 12.2. The second-order valence-electron chi connectivity index (χ2n) is 9.34. The molecule has 0 aliphatic heterocycles. The highest BCUT2D eigenvalue weighted by Crippen LogP contribution is 2.30. The number of rotatable bonds is 8. The van der Waals surface area contributed by atoms with Gasteiger partial charge in [-0.25, -0.2) is 4.79 Å². The summed E-state index contributed by atoms with van der Waals surface area (Å²) in [7, 11) is 0. The maximum absolute atomic E-state index is 13.6. The van der Waals surface area contributed by atoms with Crippen LogP contribution in [0.15, 0.2) is 71.5 Å². The fourth-order valence-corrected chi connectivity index (χ4v) is 4.33. The molecule has 0 bridgehead atoms. The molecule has 4 aromatic rings. The third-order valence-corrected chi connectivity index (χ3v) is 6.61. The van der Waals surface area contributed by atoms with Crippen molar-refractivity contribution in [3.8, 4) is 5.69 Å². The summed E-state index contributed by atoms with van der Waals surface area (Å²) >= 11 is 0. The average Bonchev–Trinajstić information content (AvgIpc) is 3.28. The molecule has 9 nitrogen and oxygen atoms in total. The lowest BCUT2D eigenvalue weighted by molar-refractivity contribution is -0.137. The Bertz CT molecular complexity index is 1610. The molecule has 4 rings (SSSR count). The van der Waals surface area contributed by atoms with E-state index in [1.165, 1.54) is 6.07 Å². The summed E-state index contributed by atoms with van der Waals surface area (Å²) in [5.41, 5.74) is 6.58. The van der Waals surface area contributed by atoms with Crippen molar-refractivity contribution < 1.29 is 22.8 Å². The number of nitrogens with two attached hydrogens (primary N) is 1. The standard InChI is InChI=1S/C28H27F3N6O3/c1-4-18(3)36(26(39)23-8-6-5-7-22(23)25(32)38)24-14-9-19(15-17(24)2)16-35-27(40)37(34-33-35)21-12-10-20(11-13-21)28(29,30)31/h5-15,18H,4,16H2,1-3H3,(H2,32,38). The number of aromatic nitrogens is 4. The van der Waals surface area contributed by atoms with E-state index in [4.69, 9.17) is 5.73 Å². The van der Waals surface area contributed by atoms with Gasteiger partial charge in [-0.15, -0.1) is 0 Å². The van der Waals surface area contributed by atoms with E-state index in [2.05, 4.69) is 10.4 Å². The maximum atomic E-state index is 13.6. The zero-order valence-electron chi connectivity index (χ0n) is 22.0. The molecule has 0 fully saturated rings. The quantitative estimate of drug-likeness (QED) is 0.349. The molecule has 1 heterocycles. The summed E-state index contributed by atoms with van der Waals surface area (Å²) in [5, 5.41) is 7.67. The summed E-state index contributed by atoms with van der Waals surface area (Å²) < 4.78 is 40.6. The van der Waals surface area contributed by atoms with E-state index in [0.29, 0.717) is 17.7 Å². The molecule has 2 amide bonds. The molecule has 0 saturated heterocycles. The molecule has 0 radical (unpaired) electrons. The van der Waals surface area contributed by atoms with Gasteiger partial charge in [0.1, 0.15) is 0 Å². The molecule has 2 N–H and O–H groups in total. The van der Waals surface area contributed by atoms with E-state index in [1.807, 2.05) is 26.8 Å². The molecule has 0 aliphatic carbocycles. The van der Waals surface area contributed by atoms with Crippen LogP contribution in [0.2, 0.25) is 0 Å². The molecule has 0 saturated carbocycles. The van der Waals surface area contributed by atoms with E-state index < -0.39 is 23.3 Å². The van der Waals surface area contributed by atoms with Crippen LogP contribution < -0.4 is 16.3 Å². The molecule has 40 heavy (non-hydrogen) atoms. The molecule has 0 aliphatic rings. The highest BCUT2D eigenvalue weighted by molar-refractivity contribution is 6.13. The lowest BCUT2D eigenvalue weighted by Crippen LogP contribution is -2.40. The molecule has 1 atom stereocenters. The number of carbonyl (C=O) groups excluding carboxylic acids is 2. The van der Waals surface area contributed by atoms with Gasteiger partial charge in [-0.1, -0.05) is 31.2 Å². The van der Waals surface area contributed by atoms with Gasteiger partial charge in [0.05, 0.1) is 28.9 Å². The van der Waals surface area contributed by atoms with Crippen molar-refractivity contribution in [2.24, 2.45) is 5.73 Å². The predicted molar refractivity (Wildman–Crippen MR) is 142 cm³/mol. The average molecular weight is 553 g/mol. The Hall–Kier alpha value is -4.74. The highest BCUT2D eigenvalue weighted by atomic mass is 19.4. The van der Waals surface area contributed by atoms with E-state index in [-0.39, 0.29) is 35.3 Å². The van der Waals surface area contributed by atoms with Crippen LogP contribution in [0, 0.1) is 6.92 Å². The highest BCUT2D eigenvalue weighted by Gasteiger charge is 2.30. The number of halogens is 3. The molecule has 208 valence electrons. The molecule has 0 spiro atoms. The second-order valence-corrected chi connectivity index (χ2v) is 9.34. The first-order valence-corrected chi connectivity index (χ1v) is 12.4. The lowest BCUT2D eigenvalue weighted by atomic mass is 10.0. The summed E-state index contributed by atoms with van der Waals surface area (Å²) in [6, 6.07) is 15.5. The van der Waals surface area contributed by atoms with Crippen LogP contribution in [0.5, 0.6) is 0 Å². The zero-order valence-corrected chi connectivity index (χ0v) is 22.0. The van der Waals surface area contributed by atoms with Crippen molar-refractivity contribution >= 4 is 17.5 Å². The molecule has 1 unspecified atom stereocenters. The zero-order chi connectivity index (χ0) is 29.2. The van der Waals surface area contributed by atoms with Gasteiger partial charge in [0.15, 0.2) is 0 Å².